The van der Waals surface area contributed by atoms with Crippen LogP contribution in [0.25, 0.3) is 0 Å². The monoisotopic (exact) mass is 176 g/mol. The third-order valence-corrected chi connectivity index (χ3v) is 3.70. The molecule has 0 radical (unpaired) electrons. The molecule has 62 valence electrons. The molecule has 0 aromatic rings. The van der Waals surface area contributed by atoms with Crippen LogP contribution in [0.5, 0.6) is 0 Å². The van der Waals surface area contributed by atoms with Crippen LogP contribution < -0.4 is 0 Å². The molecule has 0 spiro atoms. The van der Waals surface area contributed by atoms with Crippen LogP contribution in [0.3, 0.4) is 0 Å². The van der Waals surface area contributed by atoms with Crippen LogP contribution in [0.1, 0.15) is 26.7 Å². The summed E-state index contributed by atoms with van der Waals surface area (Å²) in [5, 5.41) is 1.60. The fourth-order valence-corrected chi connectivity index (χ4v) is 2.87. The first-order valence-electron chi connectivity index (χ1n) is 4.55. The first kappa shape index (κ1) is 8.01. The van der Waals surface area contributed by atoms with E-state index >= 15 is 0 Å². The van der Waals surface area contributed by atoms with Gasteiger partial charge in [-0.1, -0.05) is 34.2 Å². The van der Waals surface area contributed by atoms with Gasteiger partial charge in [-0.2, -0.15) is 0 Å². The van der Waals surface area contributed by atoms with Crippen molar-refractivity contribution in [2.24, 2.45) is 0 Å². The molecule has 0 aromatic heterocycles. The van der Waals surface area contributed by atoms with Gasteiger partial charge >= 0.3 is 0 Å². The van der Waals surface area contributed by atoms with Crippen molar-refractivity contribution in [3.05, 3.63) is 34.2 Å². The Kier molecular flexibility index (Phi) is 2.02. The minimum atomic E-state index is 1.17. The topological polar surface area (TPSA) is 0 Å². The molecule has 0 saturated heterocycles. The van der Waals surface area contributed by atoms with E-state index in [1.807, 2.05) is 0 Å². The maximum absolute atomic E-state index is 2.33. The summed E-state index contributed by atoms with van der Waals surface area (Å²) >= 11 is 0. The van der Waals surface area contributed by atoms with Crippen LogP contribution in [0, 0.1) is 0 Å². The number of fused-ring (bicyclic) bond motifs is 1. The van der Waals surface area contributed by atoms with Crippen molar-refractivity contribution >= 4 is 14.0 Å². The molecule has 1 heteroatoms. The summed E-state index contributed by atoms with van der Waals surface area (Å²) in [5.74, 6) is 2.33. The Labute approximate surface area is 75.5 Å². The van der Waals surface area contributed by atoms with Crippen molar-refractivity contribution in [3.63, 3.8) is 0 Å². The van der Waals surface area contributed by atoms with E-state index in [4.69, 9.17) is 0 Å². The number of hydrogen-bond donors (Lipinski definition) is 0. The quantitative estimate of drug-likeness (QED) is 0.563. The lowest BCUT2D eigenvalue weighted by atomic mass is 10.0. The molecule has 0 saturated carbocycles. The van der Waals surface area contributed by atoms with Crippen molar-refractivity contribution in [1.29, 1.82) is 0 Å². The maximum Gasteiger partial charge on any atom is -0.00708 e. The van der Waals surface area contributed by atoms with Crippen molar-refractivity contribution in [1.82, 2.24) is 0 Å². The SMILES string of the molecule is CCC1=CC=C2C=PC(CC)=C21. The van der Waals surface area contributed by atoms with E-state index in [1.165, 1.54) is 32.2 Å². The van der Waals surface area contributed by atoms with Gasteiger partial charge in [0.25, 0.3) is 0 Å². The second-order valence-electron chi connectivity index (χ2n) is 3.10. The van der Waals surface area contributed by atoms with E-state index in [0.717, 1.165) is 0 Å². The van der Waals surface area contributed by atoms with Crippen molar-refractivity contribution < 1.29 is 0 Å². The zero-order valence-electron chi connectivity index (χ0n) is 7.59. The second-order valence-corrected chi connectivity index (χ2v) is 4.16. The fraction of sp³-hybridized carbons (Fsp3) is 0.364. The fourth-order valence-electron chi connectivity index (χ4n) is 1.78. The van der Waals surface area contributed by atoms with E-state index < -0.39 is 0 Å². The smallest absolute Gasteiger partial charge is 0.00708 e. The molecule has 0 fully saturated rings. The predicted molar refractivity (Wildman–Crippen MR) is 56.8 cm³/mol. The predicted octanol–water partition coefficient (Wildman–Crippen LogP) is 3.69. The Balaban J connectivity index is 2.43. The molecule has 2 aliphatic rings. The first-order valence-corrected chi connectivity index (χ1v) is 5.52. The summed E-state index contributed by atoms with van der Waals surface area (Å²) in [4.78, 5) is 0. The molecule has 0 atom stereocenters. The summed E-state index contributed by atoms with van der Waals surface area (Å²) in [6, 6.07) is 0. The second kappa shape index (κ2) is 3.03. The van der Waals surface area contributed by atoms with Gasteiger partial charge in [-0.25, -0.2) is 0 Å². The molecule has 1 heterocycles. The standard InChI is InChI=1S/C11H13P/c1-3-8-5-6-9-7-12-10(4-2)11(8)9/h5-7H,3-4H2,1-2H3. The van der Waals surface area contributed by atoms with E-state index in [2.05, 4.69) is 31.8 Å². The van der Waals surface area contributed by atoms with E-state index in [1.54, 1.807) is 10.9 Å². The highest BCUT2D eigenvalue weighted by atomic mass is 31.1. The number of rotatable bonds is 2. The molecule has 0 unspecified atom stereocenters. The molecule has 1 aliphatic heterocycles. The molecule has 0 aromatic carbocycles. The summed E-state index contributed by atoms with van der Waals surface area (Å²) in [6.07, 6.45) is 6.89. The number of allylic oxidation sites excluding steroid dienone is 6. The Hall–Kier alpha value is -0.610. The summed E-state index contributed by atoms with van der Waals surface area (Å²) < 4.78 is 0. The lowest BCUT2D eigenvalue weighted by Gasteiger charge is -2.04. The number of hydrogen-bond acceptors (Lipinski definition) is 0. The van der Waals surface area contributed by atoms with Crippen LogP contribution >= 0.6 is 8.20 Å². The highest BCUT2D eigenvalue weighted by Crippen LogP contribution is 2.41. The Morgan fingerprint density at radius 3 is 2.67 bits per heavy atom. The van der Waals surface area contributed by atoms with Crippen molar-refractivity contribution in [3.8, 4) is 0 Å². The Morgan fingerprint density at radius 1 is 1.17 bits per heavy atom. The van der Waals surface area contributed by atoms with Gasteiger partial charge in [-0.05, 0) is 40.7 Å². The van der Waals surface area contributed by atoms with E-state index in [9.17, 15) is 0 Å². The van der Waals surface area contributed by atoms with Crippen LogP contribution in [0.15, 0.2) is 34.2 Å². The summed E-state index contributed by atoms with van der Waals surface area (Å²) in [5.41, 5.74) is 4.55. The maximum atomic E-state index is 2.33. The largest absolute Gasteiger partial charge is 0.0716 e. The molecule has 12 heavy (non-hydrogen) atoms. The molecule has 0 bridgehead atoms. The summed E-state index contributed by atoms with van der Waals surface area (Å²) in [7, 11) is 1.43. The molecule has 1 aliphatic carbocycles. The minimum absolute atomic E-state index is 1.17. The van der Waals surface area contributed by atoms with Crippen molar-refractivity contribution in [2.75, 3.05) is 0 Å². The van der Waals surface area contributed by atoms with Gasteiger partial charge < -0.3 is 0 Å². The van der Waals surface area contributed by atoms with Gasteiger partial charge in [-0.3, -0.25) is 0 Å². The molecular weight excluding hydrogens is 163 g/mol. The van der Waals surface area contributed by atoms with Gasteiger partial charge in [0.05, 0.1) is 0 Å². The first-order chi connectivity index (χ1) is 5.86. The molecule has 0 nitrogen and oxygen atoms in total. The van der Waals surface area contributed by atoms with Crippen LogP contribution in [0.2, 0.25) is 0 Å². The molecular formula is C11H13P. The van der Waals surface area contributed by atoms with Gasteiger partial charge in [-0.15, -0.1) is 0 Å². The lowest BCUT2D eigenvalue weighted by Crippen LogP contribution is -1.87. The third kappa shape index (κ3) is 1.03. The van der Waals surface area contributed by atoms with Crippen molar-refractivity contribution in [2.45, 2.75) is 26.7 Å². The highest BCUT2D eigenvalue weighted by molar-refractivity contribution is 7.44. The van der Waals surface area contributed by atoms with E-state index in [0.29, 0.717) is 0 Å². The van der Waals surface area contributed by atoms with Gasteiger partial charge in [0.15, 0.2) is 0 Å². The van der Waals surface area contributed by atoms with Gasteiger partial charge in [0, 0.05) is 0 Å². The van der Waals surface area contributed by atoms with Crippen LogP contribution in [-0.2, 0) is 0 Å². The average molecular weight is 176 g/mol. The molecule has 0 amide bonds. The normalized spacial score (nSPS) is 21.2. The zero-order valence-corrected chi connectivity index (χ0v) is 8.49. The van der Waals surface area contributed by atoms with Gasteiger partial charge in [0.1, 0.15) is 0 Å². The molecule has 2 rings (SSSR count). The lowest BCUT2D eigenvalue weighted by molar-refractivity contribution is 1.10. The average Bonchev–Trinajstić information content (AvgIpc) is 2.62. The van der Waals surface area contributed by atoms with E-state index in [-0.39, 0.29) is 0 Å². The minimum Gasteiger partial charge on any atom is -0.0716 e. The third-order valence-electron chi connectivity index (χ3n) is 2.44. The van der Waals surface area contributed by atoms with Crippen LogP contribution in [-0.4, -0.2) is 5.80 Å². The van der Waals surface area contributed by atoms with Gasteiger partial charge in [0.2, 0.25) is 0 Å². The zero-order chi connectivity index (χ0) is 8.55. The highest BCUT2D eigenvalue weighted by Gasteiger charge is 2.19. The summed E-state index contributed by atoms with van der Waals surface area (Å²) in [6.45, 7) is 4.48. The molecule has 0 N–H and O–H groups in total. The Bertz CT molecular complexity index is 327. The Morgan fingerprint density at radius 2 is 2.00 bits per heavy atom. The van der Waals surface area contributed by atoms with Crippen LogP contribution in [0.4, 0.5) is 0 Å².